The summed E-state index contributed by atoms with van der Waals surface area (Å²) in [6, 6.07) is 20.7. The number of aromatic carboxylic acids is 1. The number of carboxylic acids is 1. The number of hydrogen-bond donors (Lipinski definition) is 2. The van der Waals surface area contributed by atoms with E-state index in [9.17, 15) is 18.3 Å². The Morgan fingerprint density at radius 2 is 1.54 bits per heavy atom. The Morgan fingerprint density at radius 1 is 0.893 bits per heavy atom. The molecule has 0 spiro atoms. The molecule has 0 unspecified atom stereocenters. The molecule has 28 heavy (non-hydrogen) atoms. The molecule has 3 rings (SSSR count). The molecular formula is C22H21NO4S. The number of sulfonamides is 1. The number of hydrogen-bond acceptors (Lipinski definition) is 3. The number of benzene rings is 3. The summed E-state index contributed by atoms with van der Waals surface area (Å²) in [5.74, 6) is -0.968. The maximum Gasteiger partial charge on any atom is 0.335 e. The molecule has 0 aliphatic carbocycles. The van der Waals surface area contributed by atoms with Crippen molar-refractivity contribution in [2.24, 2.45) is 0 Å². The van der Waals surface area contributed by atoms with Gasteiger partial charge in [-0.25, -0.2) is 13.2 Å². The van der Waals surface area contributed by atoms with E-state index in [2.05, 4.69) is 4.72 Å². The Morgan fingerprint density at radius 3 is 2.25 bits per heavy atom. The van der Waals surface area contributed by atoms with Crippen molar-refractivity contribution in [2.75, 3.05) is 4.72 Å². The van der Waals surface area contributed by atoms with Gasteiger partial charge < -0.3 is 5.11 Å². The van der Waals surface area contributed by atoms with E-state index in [0.717, 1.165) is 11.1 Å². The lowest BCUT2D eigenvalue weighted by Gasteiger charge is -2.13. The Balaban J connectivity index is 1.83. The molecule has 0 atom stereocenters. The Labute approximate surface area is 164 Å². The summed E-state index contributed by atoms with van der Waals surface area (Å²) in [6.07, 6.45) is 1.00. The van der Waals surface area contributed by atoms with Gasteiger partial charge in [-0.2, -0.15) is 0 Å². The van der Waals surface area contributed by atoms with Crippen LogP contribution in [0.1, 0.15) is 27.0 Å². The fourth-order valence-corrected chi connectivity index (χ4v) is 4.25. The highest BCUT2D eigenvalue weighted by atomic mass is 32.2. The van der Waals surface area contributed by atoms with Gasteiger partial charge in [-0.3, -0.25) is 4.72 Å². The van der Waals surface area contributed by atoms with E-state index < -0.39 is 16.0 Å². The van der Waals surface area contributed by atoms with E-state index >= 15 is 0 Å². The maximum atomic E-state index is 12.7. The van der Waals surface area contributed by atoms with E-state index in [1.54, 1.807) is 54.6 Å². The summed E-state index contributed by atoms with van der Waals surface area (Å²) in [4.78, 5) is 11.6. The second-order valence-electron chi connectivity index (χ2n) is 6.54. The first-order chi connectivity index (χ1) is 13.4. The fourth-order valence-electron chi connectivity index (χ4n) is 3.04. The van der Waals surface area contributed by atoms with E-state index in [0.29, 0.717) is 24.1 Å². The van der Waals surface area contributed by atoms with Crippen molar-refractivity contribution in [3.63, 3.8) is 0 Å². The van der Waals surface area contributed by atoms with Gasteiger partial charge in [0.15, 0.2) is 0 Å². The maximum absolute atomic E-state index is 12.7. The zero-order valence-electron chi connectivity index (χ0n) is 15.4. The lowest BCUT2D eigenvalue weighted by Crippen LogP contribution is -2.14. The highest BCUT2D eigenvalue weighted by molar-refractivity contribution is 7.92. The van der Waals surface area contributed by atoms with Crippen LogP contribution in [-0.4, -0.2) is 19.5 Å². The first-order valence-electron chi connectivity index (χ1n) is 8.85. The molecule has 3 aromatic rings. The molecule has 5 nitrogen and oxygen atoms in total. The van der Waals surface area contributed by atoms with E-state index in [4.69, 9.17) is 0 Å². The normalized spacial score (nSPS) is 11.2. The molecule has 0 saturated carbocycles. The standard InChI is InChI=1S/C22H21NO4S/c1-16-7-6-10-19(15-16)28(26,27)23-21-12-5-3-9-18(21)14-13-17-8-2-4-11-20(17)22(24)25/h2-12,15,23H,13-14H2,1H3,(H,24,25). The van der Waals surface area contributed by atoms with Gasteiger partial charge in [0.1, 0.15) is 0 Å². The van der Waals surface area contributed by atoms with E-state index in [1.807, 2.05) is 25.1 Å². The topological polar surface area (TPSA) is 83.5 Å². The van der Waals surface area contributed by atoms with Crippen molar-refractivity contribution in [3.05, 3.63) is 95.1 Å². The van der Waals surface area contributed by atoms with E-state index in [1.165, 1.54) is 0 Å². The predicted octanol–water partition coefficient (Wildman–Crippen LogP) is 4.28. The number of anilines is 1. The first-order valence-corrected chi connectivity index (χ1v) is 10.3. The summed E-state index contributed by atoms with van der Waals surface area (Å²) in [7, 11) is -3.71. The SMILES string of the molecule is Cc1cccc(S(=O)(=O)Nc2ccccc2CCc2ccccc2C(=O)O)c1. The molecule has 2 N–H and O–H groups in total. The third-order valence-corrected chi connectivity index (χ3v) is 5.84. The molecule has 0 fully saturated rings. The number of rotatable bonds is 7. The molecule has 0 amide bonds. The zero-order chi connectivity index (χ0) is 20.1. The zero-order valence-corrected chi connectivity index (χ0v) is 16.2. The molecule has 0 aromatic heterocycles. The fraction of sp³-hybridized carbons (Fsp3) is 0.136. The monoisotopic (exact) mass is 395 g/mol. The van der Waals surface area contributed by atoms with Crippen LogP contribution in [-0.2, 0) is 22.9 Å². The Kier molecular flexibility index (Phi) is 5.80. The van der Waals surface area contributed by atoms with Gasteiger partial charge in [0.05, 0.1) is 16.1 Å². The summed E-state index contributed by atoms with van der Waals surface area (Å²) in [5, 5.41) is 9.33. The van der Waals surface area contributed by atoms with Crippen LogP contribution in [0.4, 0.5) is 5.69 Å². The summed E-state index contributed by atoms with van der Waals surface area (Å²) in [6.45, 7) is 1.84. The summed E-state index contributed by atoms with van der Waals surface area (Å²) in [5.41, 5.74) is 3.14. The molecule has 0 bridgehead atoms. The minimum Gasteiger partial charge on any atom is -0.478 e. The number of para-hydroxylation sites is 1. The molecule has 0 saturated heterocycles. The lowest BCUT2D eigenvalue weighted by atomic mass is 9.99. The number of aryl methyl sites for hydroxylation is 3. The van der Waals surface area contributed by atoms with Crippen LogP contribution < -0.4 is 4.72 Å². The minimum absolute atomic E-state index is 0.207. The van der Waals surface area contributed by atoms with Crippen LogP contribution in [0.25, 0.3) is 0 Å². The van der Waals surface area contributed by atoms with Crippen molar-refractivity contribution in [3.8, 4) is 0 Å². The number of carboxylic acid groups (broad SMARTS) is 1. The molecule has 0 aliphatic heterocycles. The Hall–Kier alpha value is -3.12. The molecule has 144 valence electrons. The van der Waals surface area contributed by atoms with Crippen molar-refractivity contribution in [1.82, 2.24) is 0 Å². The van der Waals surface area contributed by atoms with Gasteiger partial charge in [-0.15, -0.1) is 0 Å². The highest BCUT2D eigenvalue weighted by Crippen LogP contribution is 2.23. The average Bonchev–Trinajstić information content (AvgIpc) is 2.67. The highest BCUT2D eigenvalue weighted by Gasteiger charge is 2.16. The third kappa shape index (κ3) is 4.58. The van der Waals surface area contributed by atoms with Crippen LogP contribution in [0.15, 0.2) is 77.7 Å². The molecule has 6 heteroatoms. The molecule has 0 aliphatic rings. The van der Waals surface area contributed by atoms with Crippen molar-refractivity contribution >= 4 is 21.7 Å². The second kappa shape index (κ2) is 8.27. The summed E-state index contributed by atoms with van der Waals surface area (Å²) >= 11 is 0. The first kappa shape index (κ1) is 19.6. The molecule has 0 heterocycles. The van der Waals surface area contributed by atoms with Crippen LogP contribution in [0.5, 0.6) is 0 Å². The summed E-state index contributed by atoms with van der Waals surface area (Å²) < 4.78 is 28.1. The van der Waals surface area contributed by atoms with Gasteiger partial charge in [-0.1, -0.05) is 48.5 Å². The minimum atomic E-state index is -3.71. The Bertz CT molecular complexity index is 1110. The van der Waals surface area contributed by atoms with Gasteiger partial charge in [0.25, 0.3) is 10.0 Å². The average molecular weight is 395 g/mol. The van der Waals surface area contributed by atoms with Crippen LogP contribution in [0.2, 0.25) is 0 Å². The van der Waals surface area contributed by atoms with Crippen molar-refractivity contribution < 1.29 is 18.3 Å². The van der Waals surface area contributed by atoms with Crippen LogP contribution >= 0.6 is 0 Å². The molecule has 0 radical (unpaired) electrons. The predicted molar refractivity (Wildman–Crippen MR) is 109 cm³/mol. The lowest BCUT2D eigenvalue weighted by molar-refractivity contribution is 0.0695. The van der Waals surface area contributed by atoms with Crippen molar-refractivity contribution in [1.29, 1.82) is 0 Å². The number of nitrogens with one attached hydrogen (secondary N) is 1. The second-order valence-corrected chi connectivity index (χ2v) is 8.22. The largest absolute Gasteiger partial charge is 0.478 e. The van der Waals surface area contributed by atoms with Crippen LogP contribution in [0.3, 0.4) is 0 Å². The third-order valence-electron chi connectivity index (χ3n) is 4.47. The van der Waals surface area contributed by atoms with Gasteiger partial charge in [-0.05, 0) is 60.7 Å². The quantitative estimate of drug-likeness (QED) is 0.625. The van der Waals surface area contributed by atoms with Gasteiger partial charge >= 0.3 is 5.97 Å². The smallest absolute Gasteiger partial charge is 0.335 e. The molecule has 3 aromatic carbocycles. The van der Waals surface area contributed by atoms with Crippen molar-refractivity contribution in [2.45, 2.75) is 24.7 Å². The van der Waals surface area contributed by atoms with Crippen LogP contribution in [0, 0.1) is 6.92 Å². The molecular weight excluding hydrogens is 374 g/mol. The van der Waals surface area contributed by atoms with E-state index in [-0.39, 0.29) is 10.5 Å². The van der Waals surface area contributed by atoms with Gasteiger partial charge in [0.2, 0.25) is 0 Å². The number of carbonyl (C=O) groups is 1. The van der Waals surface area contributed by atoms with Gasteiger partial charge in [0, 0.05) is 0 Å².